The Hall–Kier alpha value is -0.810. The lowest BCUT2D eigenvalue weighted by molar-refractivity contribution is 0.112. The molecule has 1 aliphatic rings. The Morgan fingerprint density at radius 1 is 1.56 bits per heavy atom. The molecule has 0 aromatic rings. The first-order chi connectivity index (χ1) is 7.68. The fourth-order valence-electron chi connectivity index (χ4n) is 1.44. The van der Waals surface area contributed by atoms with E-state index in [9.17, 15) is 4.79 Å². The van der Waals surface area contributed by atoms with Crippen LogP contribution >= 0.6 is 0 Å². The molecule has 0 aromatic carbocycles. The van der Waals surface area contributed by atoms with Crippen molar-refractivity contribution in [2.45, 2.75) is 26.3 Å². The van der Waals surface area contributed by atoms with Gasteiger partial charge in [0.1, 0.15) is 0 Å². The standard InChI is InChI=1S/C11H22N2O3/c1-9(2)7-16-6-4-12-11(14)13-10-3-5-15-8-10/h9-10H,3-8H2,1-2H3,(H2,12,13,14). The third-order valence-electron chi connectivity index (χ3n) is 2.25. The number of nitrogens with one attached hydrogen (secondary N) is 2. The van der Waals surface area contributed by atoms with Crippen LogP contribution in [0.1, 0.15) is 20.3 Å². The van der Waals surface area contributed by atoms with Crippen molar-refractivity contribution >= 4 is 6.03 Å². The van der Waals surface area contributed by atoms with Gasteiger partial charge in [0.15, 0.2) is 0 Å². The zero-order valence-electron chi connectivity index (χ0n) is 10.1. The van der Waals surface area contributed by atoms with E-state index in [1.54, 1.807) is 0 Å². The van der Waals surface area contributed by atoms with Crippen molar-refractivity contribution in [3.63, 3.8) is 0 Å². The van der Waals surface area contributed by atoms with Crippen LogP contribution in [0.3, 0.4) is 0 Å². The number of carbonyl (C=O) groups is 1. The minimum absolute atomic E-state index is 0.136. The molecular formula is C11H22N2O3. The van der Waals surface area contributed by atoms with Crippen LogP contribution in [-0.2, 0) is 9.47 Å². The maximum absolute atomic E-state index is 11.4. The summed E-state index contributed by atoms with van der Waals surface area (Å²) in [6.45, 7) is 7.40. The predicted molar refractivity (Wildman–Crippen MR) is 61.4 cm³/mol. The molecule has 1 fully saturated rings. The molecule has 0 radical (unpaired) electrons. The van der Waals surface area contributed by atoms with Crippen LogP contribution in [0.4, 0.5) is 4.79 Å². The molecule has 1 unspecified atom stereocenters. The maximum Gasteiger partial charge on any atom is 0.315 e. The van der Waals surface area contributed by atoms with Gasteiger partial charge in [-0.2, -0.15) is 0 Å². The third kappa shape index (κ3) is 5.92. The molecule has 0 saturated carbocycles. The van der Waals surface area contributed by atoms with E-state index in [-0.39, 0.29) is 12.1 Å². The molecule has 5 nitrogen and oxygen atoms in total. The van der Waals surface area contributed by atoms with Crippen LogP contribution in [0.2, 0.25) is 0 Å². The summed E-state index contributed by atoms with van der Waals surface area (Å²) in [7, 11) is 0. The Bertz CT molecular complexity index is 203. The van der Waals surface area contributed by atoms with Crippen molar-refractivity contribution in [3.05, 3.63) is 0 Å². The number of hydrogen-bond donors (Lipinski definition) is 2. The van der Waals surface area contributed by atoms with E-state index >= 15 is 0 Å². The summed E-state index contributed by atoms with van der Waals surface area (Å²) in [6, 6.07) is 0.0280. The van der Waals surface area contributed by atoms with Crippen LogP contribution < -0.4 is 10.6 Å². The number of amides is 2. The molecule has 16 heavy (non-hydrogen) atoms. The van der Waals surface area contributed by atoms with Crippen molar-refractivity contribution in [2.75, 3.05) is 33.0 Å². The van der Waals surface area contributed by atoms with Gasteiger partial charge in [0.05, 0.1) is 19.3 Å². The summed E-state index contributed by atoms with van der Waals surface area (Å²) in [5.41, 5.74) is 0. The number of hydrogen-bond acceptors (Lipinski definition) is 3. The molecule has 0 bridgehead atoms. The van der Waals surface area contributed by atoms with E-state index < -0.39 is 0 Å². The Morgan fingerprint density at radius 2 is 2.38 bits per heavy atom. The van der Waals surface area contributed by atoms with Crippen LogP contribution in [0.15, 0.2) is 0 Å². The molecule has 1 rings (SSSR count). The van der Waals surface area contributed by atoms with E-state index in [0.717, 1.165) is 19.6 Å². The van der Waals surface area contributed by atoms with Gasteiger partial charge < -0.3 is 20.1 Å². The lowest BCUT2D eigenvalue weighted by Gasteiger charge is -2.12. The first kappa shape index (κ1) is 13.3. The summed E-state index contributed by atoms with van der Waals surface area (Å²) < 4.78 is 10.5. The van der Waals surface area contributed by atoms with E-state index in [1.165, 1.54) is 0 Å². The van der Waals surface area contributed by atoms with Crippen LogP contribution in [0.25, 0.3) is 0 Å². The predicted octanol–water partition coefficient (Wildman–Crippen LogP) is 0.747. The summed E-state index contributed by atoms with van der Waals surface area (Å²) in [6.07, 6.45) is 0.900. The van der Waals surface area contributed by atoms with Crippen LogP contribution in [0.5, 0.6) is 0 Å². The fourth-order valence-corrected chi connectivity index (χ4v) is 1.44. The number of urea groups is 1. The molecule has 0 spiro atoms. The van der Waals surface area contributed by atoms with Crippen LogP contribution in [-0.4, -0.2) is 45.0 Å². The zero-order valence-corrected chi connectivity index (χ0v) is 10.1. The first-order valence-electron chi connectivity index (χ1n) is 5.88. The van der Waals surface area contributed by atoms with E-state index in [2.05, 4.69) is 24.5 Å². The summed E-state index contributed by atoms with van der Waals surface area (Å²) >= 11 is 0. The topological polar surface area (TPSA) is 59.6 Å². The molecule has 1 saturated heterocycles. The average molecular weight is 230 g/mol. The third-order valence-corrected chi connectivity index (χ3v) is 2.25. The average Bonchev–Trinajstić information content (AvgIpc) is 2.69. The second kappa shape index (κ2) is 7.46. The molecule has 2 amide bonds. The van der Waals surface area contributed by atoms with Gasteiger partial charge in [0, 0.05) is 19.8 Å². The smallest absolute Gasteiger partial charge is 0.315 e. The summed E-state index contributed by atoms with van der Waals surface area (Å²) in [5, 5.41) is 5.60. The second-order valence-electron chi connectivity index (χ2n) is 4.43. The molecular weight excluding hydrogens is 208 g/mol. The van der Waals surface area contributed by atoms with Crippen molar-refractivity contribution < 1.29 is 14.3 Å². The minimum atomic E-state index is -0.136. The van der Waals surface area contributed by atoms with Gasteiger partial charge in [-0.1, -0.05) is 13.8 Å². The highest BCUT2D eigenvalue weighted by Crippen LogP contribution is 2.02. The van der Waals surface area contributed by atoms with Gasteiger partial charge in [0.2, 0.25) is 0 Å². The Kier molecular flexibility index (Phi) is 6.18. The highest BCUT2D eigenvalue weighted by atomic mass is 16.5. The molecule has 2 N–H and O–H groups in total. The molecule has 0 aromatic heterocycles. The zero-order chi connectivity index (χ0) is 11.8. The SMILES string of the molecule is CC(C)COCCNC(=O)NC1CCOC1. The highest BCUT2D eigenvalue weighted by Gasteiger charge is 2.17. The molecule has 1 heterocycles. The van der Waals surface area contributed by atoms with Crippen molar-refractivity contribution in [3.8, 4) is 0 Å². The molecule has 1 aliphatic heterocycles. The number of rotatable bonds is 6. The van der Waals surface area contributed by atoms with Crippen molar-refractivity contribution in [1.29, 1.82) is 0 Å². The normalized spacial score (nSPS) is 20.1. The molecule has 5 heteroatoms. The van der Waals surface area contributed by atoms with Gasteiger partial charge in [0.25, 0.3) is 0 Å². The molecule has 94 valence electrons. The minimum Gasteiger partial charge on any atom is -0.379 e. The van der Waals surface area contributed by atoms with E-state index in [0.29, 0.717) is 25.7 Å². The summed E-state index contributed by atoms with van der Waals surface area (Å²) in [5.74, 6) is 0.532. The summed E-state index contributed by atoms with van der Waals surface area (Å²) in [4.78, 5) is 11.4. The van der Waals surface area contributed by atoms with E-state index in [1.807, 2.05) is 0 Å². The Labute approximate surface area is 96.9 Å². The molecule has 1 atom stereocenters. The lowest BCUT2D eigenvalue weighted by atomic mass is 10.2. The maximum atomic E-state index is 11.4. The fraction of sp³-hybridized carbons (Fsp3) is 0.909. The lowest BCUT2D eigenvalue weighted by Crippen LogP contribution is -2.43. The number of carbonyl (C=O) groups excluding carboxylic acids is 1. The highest BCUT2D eigenvalue weighted by molar-refractivity contribution is 5.74. The van der Waals surface area contributed by atoms with Gasteiger partial charge in [-0.3, -0.25) is 0 Å². The van der Waals surface area contributed by atoms with Gasteiger partial charge in [-0.15, -0.1) is 0 Å². The molecule has 0 aliphatic carbocycles. The van der Waals surface area contributed by atoms with Gasteiger partial charge in [-0.25, -0.2) is 4.79 Å². The number of ether oxygens (including phenoxy) is 2. The largest absolute Gasteiger partial charge is 0.379 e. The van der Waals surface area contributed by atoms with Crippen LogP contribution in [0, 0.1) is 5.92 Å². The van der Waals surface area contributed by atoms with Crippen molar-refractivity contribution in [1.82, 2.24) is 10.6 Å². The quantitative estimate of drug-likeness (QED) is 0.662. The monoisotopic (exact) mass is 230 g/mol. The Morgan fingerprint density at radius 3 is 3.00 bits per heavy atom. The first-order valence-corrected chi connectivity index (χ1v) is 5.88. The second-order valence-corrected chi connectivity index (χ2v) is 4.43. The van der Waals surface area contributed by atoms with Gasteiger partial charge >= 0.3 is 6.03 Å². The van der Waals surface area contributed by atoms with Gasteiger partial charge in [-0.05, 0) is 12.3 Å². The van der Waals surface area contributed by atoms with E-state index in [4.69, 9.17) is 9.47 Å². The Balaban J connectivity index is 1.93. The van der Waals surface area contributed by atoms with Crippen molar-refractivity contribution in [2.24, 2.45) is 5.92 Å².